The number of carbonyl (C=O) groups is 2. The van der Waals surface area contributed by atoms with E-state index in [1.807, 2.05) is 0 Å². The predicted octanol–water partition coefficient (Wildman–Crippen LogP) is -0.556. The van der Waals surface area contributed by atoms with E-state index in [1.165, 1.54) is 0 Å². The van der Waals surface area contributed by atoms with Crippen LogP contribution in [0.1, 0.15) is 0 Å². The molecule has 0 saturated heterocycles. The maximum atomic E-state index is 10.4. The Kier molecular flexibility index (Phi) is 3.41. The van der Waals surface area contributed by atoms with Crippen LogP contribution in [0, 0.1) is 6.92 Å². The molecule has 0 aliphatic carbocycles. The van der Waals surface area contributed by atoms with Crippen molar-refractivity contribution in [1.29, 1.82) is 0 Å². The van der Waals surface area contributed by atoms with Gasteiger partial charge < -0.3 is 5.73 Å². The van der Waals surface area contributed by atoms with E-state index in [0.717, 1.165) is 0 Å². The largest absolute Gasteiger partial charge is 0.322 e. The first kappa shape index (κ1) is 8.58. The number of nitrogens with zero attached hydrogens (tertiary/aromatic N) is 1. The van der Waals surface area contributed by atoms with E-state index in [-0.39, 0.29) is 6.54 Å². The van der Waals surface area contributed by atoms with E-state index in [4.69, 9.17) is 5.73 Å². The topological polar surface area (TPSA) is 63.4 Å². The molecule has 0 aromatic carbocycles. The fourth-order valence-electron chi connectivity index (χ4n) is 0.219. The second-order valence-electron chi connectivity index (χ2n) is 1.27. The Morgan fingerprint density at radius 2 is 2.11 bits per heavy atom. The van der Waals surface area contributed by atoms with Crippen molar-refractivity contribution in [3.63, 3.8) is 0 Å². The van der Waals surface area contributed by atoms with Crippen molar-refractivity contribution in [1.82, 2.24) is 3.93 Å². The van der Waals surface area contributed by atoms with E-state index >= 15 is 0 Å². The number of carbonyl (C=O) groups excluding carboxylic acids is 2. The highest BCUT2D eigenvalue weighted by Crippen LogP contribution is 1.96. The summed E-state index contributed by atoms with van der Waals surface area (Å²) < 4.78 is 0.688. The fraction of sp³-hybridized carbons (Fsp3) is 0.250. The van der Waals surface area contributed by atoms with Crippen LogP contribution < -0.4 is 5.73 Å². The number of hydrogen-bond donors (Lipinski definition) is 1. The highest BCUT2D eigenvalue weighted by molar-refractivity contribution is 9.08. The van der Waals surface area contributed by atoms with Crippen LogP contribution in [0.3, 0.4) is 0 Å². The van der Waals surface area contributed by atoms with Gasteiger partial charge >= 0.3 is 0 Å². The molecular weight excluding hydrogens is 188 g/mol. The summed E-state index contributed by atoms with van der Waals surface area (Å²) >= 11 is 2.66. The van der Waals surface area contributed by atoms with Crippen LogP contribution in [0.15, 0.2) is 0 Å². The Labute approximate surface area is 61.3 Å². The Bertz CT molecular complexity index is 137. The maximum absolute atomic E-state index is 10.4. The van der Waals surface area contributed by atoms with Gasteiger partial charge in [-0.05, 0) is 0 Å². The van der Waals surface area contributed by atoms with Crippen molar-refractivity contribution in [3.8, 4) is 0 Å². The van der Waals surface area contributed by atoms with Crippen LogP contribution >= 0.6 is 16.1 Å². The molecule has 0 atom stereocenters. The number of rotatable bonds is 1. The molecule has 0 aliphatic rings. The molecule has 4 nitrogen and oxygen atoms in total. The maximum Gasteiger partial charge on any atom is 0.253 e. The predicted molar refractivity (Wildman–Crippen MR) is 35.2 cm³/mol. The molecule has 0 heterocycles. The van der Waals surface area contributed by atoms with Gasteiger partial charge in [0.25, 0.3) is 5.91 Å². The van der Waals surface area contributed by atoms with E-state index < -0.39 is 11.8 Å². The Balaban J connectivity index is 3.88. The average Bonchev–Trinajstić information content (AvgIpc) is 1.84. The summed E-state index contributed by atoms with van der Waals surface area (Å²) in [6.07, 6.45) is 0. The number of imide groups is 1. The Hall–Kier alpha value is -0.420. The average molecular weight is 194 g/mol. The van der Waals surface area contributed by atoms with E-state index in [2.05, 4.69) is 23.1 Å². The summed E-state index contributed by atoms with van der Waals surface area (Å²) in [4.78, 5) is 20.7. The molecule has 0 rings (SSSR count). The Morgan fingerprint density at radius 1 is 1.67 bits per heavy atom. The first-order valence-electron chi connectivity index (χ1n) is 2.14. The van der Waals surface area contributed by atoms with Gasteiger partial charge in [-0.1, -0.05) is 0 Å². The molecule has 0 bridgehead atoms. The van der Waals surface area contributed by atoms with Gasteiger partial charge in [0.1, 0.15) is 0 Å². The lowest BCUT2D eigenvalue weighted by molar-refractivity contribution is -0.133. The molecular formula is C4H6BrN2O2. The third-order valence-electron chi connectivity index (χ3n) is 0.613. The standard InChI is InChI=1S/C4H6BrN2O2/c1-3(8)7(5)4(9)2-6/h1-2,6H2. The molecule has 0 spiro atoms. The Morgan fingerprint density at radius 3 is 2.22 bits per heavy atom. The van der Waals surface area contributed by atoms with Crippen molar-refractivity contribution < 1.29 is 9.59 Å². The molecule has 0 aromatic rings. The molecule has 0 aromatic heterocycles. The minimum atomic E-state index is -0.620. The highest BCUT2D eigenvalue weighted by atomic mass is 79.9. The van der Waals surface area contributed by atoms with Crippen LogP contribution in [-0.2, 0) is 9.59 Å². The molecule has 0 saturated carbocycles. The molecule has 9 heavy (non-hydrogen) atoms. The zero-order chi connectivity index (χ0) is 7.44. The van der Waals surface area contributed by atoms with Crippen molar-refractivity contribution in [2.24, 2.45) is 5.73 Å². The van der Waals surface area contributed by atoms with Crippen LogP contribution in [0.2, 0.25) is 0 Å². The van der Waals surface area contributed by atoms with Gasteiger partial charge in [0.05, 0.1) is 22.7 Å². The first-order chi connectivity index (χ1) is 4.09. The molecule has 51 valence electrons. The summed E-state index contributed by atoms with van der Waals surface area (Å²) in [5.41, 5.74) is 4.91. The number of halogens is 1. The molecule has 5 heteroatoms. The van der Waals surface area contributed by atoms with Crippen LogP contribution in [0.25, 0.3) is 0 Å². The summed E-state index contributed by atoms with van der Waals surface area (Å²) in [7, 11) is 0. The van der Waals surface area contributed by atoms with Crippen molar-refractivity contribution in [3.05, 3.63) is 6.92 Å². The van der Waals surface area contributed by atoms with Gasteiger partial charge in [0.2, 0.25) is 5.91 Å². The van der Waals surface area contributed by atoms with Gasteiger partial charge in [-0.3, -0.25) is 9.59 Å². The second kappa shape index (κ2) is 3.58. The van der Waals surface area contributed by atoms with Crippen molar-refractivity contribution in [2.75, 3.05) is 6.54 Å². The lowest BCUT2D eigenvalue weighted by Crippen LogP contribution is -2.31. The normalized spacial score (nSPS) is 8.78. The molecule has 0 fully saturated rings. The summed E-state index contributed by atoms with van der Waals surface area (Å²) in [6, 6.07) is 0. The SMILES string of the molecule is [CH2]C(=O)N(Br)C(=O)CN. The van der Waals surface area contributed by atoms with E-state index in [9.17, 15) is 9.59 Å². The lowest BCUT2D eigenvalue weighted by atomic mass is 10.6. The molecule has 2 N–H and O–H groups in total. The molecule has 0 unspecified atom stereocenters. The van der Waals surface area contributed by atoms with Gasteiger partial charge in [-0.2, -0.15) is 0 Å². The smallest absolute Gasteiger partial charge is 0.253 e. The van der Waals surface area contributed by atoms with Gasteiger partial charge in [0.15, 0.2) is 0 Å². The van der Waals surface area contributed by atoms with Crippen LogP contribution in [0.5, 0.6) is 0 Å². The second-order valence-corrected chi connectivity index (χ2v) is 1.98. The summed E-state index contributed by atoms with van der Waals surface area (Å²) in [6.45, 7) is 2.77. The van der Waals surface area contributed by atoms with Gasteiger partial charge in [-0.25, -0.2) is 3.93 Å². The molecule has 2 amide bonds. The van der Waals surface area contributed by atoms with Gasteiger partial charge in [0, 0.05) is 6.92 Å². The lowest BCUT2D eigenvalue weighted by Gasteiger charge is -2.06. The fourth-order valence-corrected chi connectivity index (χ4v) is 0.364. The highest BCUT2D eigenvalue weighted by Gasteiger charge is 2.11. The first-order valence-corrected chi connectivity index (χ1v) is 2.85. The summed E-state index contributed by atoms with van der Waals surface area (Å²) in [5.74, 6) is -1.12. The number of nitrogens with two attached hydrogens (primary N) is 1. The number of hydrogen-bond acceptors (Lipinski definition) is 3. The zero-order valence-corrected chi connectivity index (χ0v) is 6.22. The van der Waals surface area contributed by atoms with E-state index in [0.29, 0.717) is 3.93 Å². The zero-order valence-electron chi connectivity index (χ0n) is 4.63. The minimum absolute atomic E-state index is 0.202. The van der Waals surface area contributed by atoms with Gasteiger partial charge in [-0.15, -0.1) is 0 Å². The summed E-state index contributed by atoms with van der Waals surface area (Å²) in [5, 5.41) is 0. The monoisotopic (exact) mass is 193 g/mol. The molecule has 1 radical (unpaired) electrons. The third kappa shape index (κ3) is 2.57. The van der Waals surface area contributed by atoms with E-state index in [1.54, 1.807) is 0 Å². The van der Waals surface area contributed by atoms with Crippen LogP contribution in [-0.4, -0.2) is 22.3 Å². The number of amides is 2. The van der Waals surface area contributed by atoms with Crippen molar-refractivity contribution >= 4 is 28.0 Å². The quantitative estimate of drug-likeness (QED) is 0.569. The van der Waals surface area contributed by atoms with Crippen LogP contribution in [0.4, 0.5) is 0 Å². The van der Waals surface area contributed by atoms with Crippen molar-refractivity contribution in [2.45, 2.75) is 0 Å². The third-order valence-corrected chi connectivity index (χ3v) is 1.40. The molecule has 0 aliphatic heterocycles. The minimum Gasteiger partial charge on any atom is -0.322 e.